The van der Waals surface area contributed by atoms with Crippen molar-refractivity contribution >= 4 is 75.7 Å². The SMILES string of the molecule is CCn1c(CNC(=O)c2ccc(Cl)cc2Cl)nnc1SCC(=O)Nc1cc(Cl)cc(Cl)c1. The van der Waals surface area contributed by atoms with E-state index in [1.54, 1.807) is 30.3 Å². The fourth-order valence-electron chi connectivity index (χ4n) is 2.76. The van der Waals surface area contributed by atoms with Crippen molar-refractivity contribution in [3.63, 3.8) is 0 Å². The second-order valence-corrected chi connectivity index (χ2v) is 9.10. The molecular weight excluding hydrogens is 516 g/mol. The Balaban J connectivity index is 1.59. The highest BCUT2D eigenvalue weighted by Crippen LogP contribution is 2.24. The lowest BCUT2D eigenvalue weighted by molar-refractivity contribution is -0.113. The van der Waals surface area contributed by atoms with Gasteiger partial charge in [0.05, 0.1) is 22.9 Å². The van der Waals surface area contributed by atoms with Crippen molar-refractivity contribution in [2.45, 2.75) is 25.2 Å². The highest BCUT2D eigenvalue weighted by atomic mass is 35.5. The average molecular weight is 533 g/mol. The maximum atomic E-state index is 12.4. The maximum absolute atomic E-state index is 12.4. The van der Waals surface area contributed by atoms with Gasteiger partial charge >= 0.3 is 0 Å². The average Bonchev–Trinajstić information content (AvgIpc) is 3.11. The van der Waals surface area contributed by atoms with Crippen LogP contribution < -0.4 is 10.6 Å². The summed E-state index contributed by atoms with van der Waals surface area (Å²) >= 11 is 25.1. The van der Waals surface area contributed by atoms with Crippen LogP contribution in [0.2, 0.25) is 20.1 Å². The van der Waals surface area contributed by atoms with E-state index in [1.165, 1.54) is 17.8 Å². The highest BCUT2D eigenvalue weighted by molar-refractivity contribution is 7.99. The van der Waals surface area contributed by atoms with E-state index in [2.05, 4.69) is 20.8 Å². The second-order valence-electron chi connectivity index (χ2n) is 6.44. The Morgan fingerprint density at radius 2 is 1.72 bits per heavy atom. The normalized spacial score (nSPS) is 10.8. The first-order valence-electron chi connectivity index (χ1n) is 9.31. The van der Waals surface area contributed by atoms with Gasteiger partial charge in [0.15, 0.2) is 11.0 Å². The van der Waals surface area contributed by atoms with Crippen molar-refractivity contribution in [3.8, 4) is 0 Å². The summed E-state index contributed by atoms with van der Waals surface area (Å²) in [4.78, 5) is 24.7. The minimum Gasteiger partial charge on any atom is -0.345 e. The molecule has 1 heterocycles. The van der Waals surface area contributed by atoms with E-state index in [1.807, 2.05) is 11.5 Å². The Labute approximate surface area is 208 Å². The minimum atomic E-state index is -0.355. The van der Waals surface area contributed by atoms with Gasteiger partial charge in [-0.15, -0.1) is 10.2 Å². The molecule has 1 aromatic heterocycles. The van der Waals surface area contributed by atoms with Crippen LogP contribution in [0, 0.1) is 0 Å². The molecule has 2 N–H and O–H groups in total. The Morgan fingerprint density at radius 1 is 1.00 bits per heavy atom. The number of anilines is 1. The van der Waals surface area contributed by atoms with Gasteiger partial charge in [-0.25, -0.2) is 0 Å². The number of amides is 2. The van der Waals surface area contributed by atoms with Crippen molar-refractivity contribution in [3.05, 3.63) is 67.9 Å². The van der Waals surface area contributed by atoms with E-state index in [4.69, 9.17) is 46.4 Å². The van der Waals surface area contributed by atoms with Crippen LogP contribution in [0.3, 0.4) is 0 Å². The number of rotatable bonds is 8. The monoisotopic (exact) mass is 531 g/mol. The summed E-state index contributed by atoms with van der Waals surface area (Å²) in [7, 11) is 0. The predicted molar refractivity (Wildman–Crippen MR) is 129 cm³/mol. The Bertz CT molecular complexity index is 1130. The molecule has 0 spiro atoms. The summed E-state index contributed by atoms with van der Waals surface area (Å²) in [5.41, 5.74) is 0.820. The third-order valence-electron chi connectivity index (χ3n) is 4.17. The number of nitrogens with zero attached hydrogens (tertiary/aromatic N) is 3. The van der Waals surface area contributed by atoms with Gasteiger partial charge in [0.2, 0.25) is 5.91 Å². The first-order chi connectivity index (χ1) is 15.3. The smallest absolute Gasteiger partial charge is 0.253 e. The van der Waals surface area contributed by atoms with E-state index in [-0.39, 0.29) is 29.1 Å². The van der Waals surface area contributed by atoms with Gasteiger partial charge in [0.25, 0.3) is 5.91 Å². The van der Waals surface area contributed by atoms with Gasteiger partial charge in [0, 0.05) is 27.3 Å². The largest absolute Gasteiger partial charge is 0.345 e. The number of halogens is 4. The van der Waals surface area contributed by atoms with Crippen molar-refractivity contribution in [2.75, 3.05) is 11.1 Å². The lowest BCUT2D eigenvalue weighted by Gasteiger charge is -2.10. The van der Waals surface area contributed by atoms with Crippen LogP contribution in [0.4, 0.5) is 5.69 Å². The van der Waals surface area contributed by atoms with E-state index in [0.29, 0.717) is 43.8 Å². The highest BCUT2D eigenvalue weighted by Gasteiger charge is 2.16. The summed E-state index contributed by atoms with van der Waals surface area (Å²) < 4.78 is 1.82. The number of benzene rings is 2. The number of aromatic nitrogens is 3. The number of thioether (sulfide) groups is 1. The Kier molecular flexibility index (Phi) is 8.67. The third kappa shape index (κ3) is 6.52. The van der Waals surface area contributed by atoms with Crippen LogP contribution in [-0.4, -0.2) is 32.3 Å². The zero-order valence-electron chi connectivity index (χ0n) is 16.7. The third-order valence-corrected chi connectivity index (χ3v) is 6.12. The van der Waals surface area contributed by atoms with Crippen molar-refractivity contribution in [2.24, 2.45) is 0 Å². The van der Waals surface area contributed by atoms with Crippen molar-refractivity contribution < 1.29 is 9.59 Å². The van der Waals surface area contributed by atoms with Gasteiger partial charge in [0.1, 0.15) is 0 Å². The van der Waals surface area contributed by atoms with Crippen LogP contribution in [0.25, 0.3) is 0 Å². The summed E-state index contributed by atoms with van der Waals surface area (Å²) in [5.74, 6) is 0.0578. The molecule has 12 heteroatoms. The lowest BCUT2D eigenvalue weighted by atomic mass is 10.2. The van der Waals surface area contributed by atoms with Gasteiger partial charge in [-0.1, -0.05) is 58.2 Å². The molecule has 0 aliphatic rings. The van der Waals surface area contributed by atoms with Crippen molar-refractivity contribution in [1.29, 1.82) is 0 Å². The second kappa shape index (κ2) is 11.2. The number of carbonyl (C=O) groups is 2. The van der Waals surface area contributed by atoms with Crippen LogP contribution >= 0.6 is 58.2 Å². The molecule has 0 saturated heterocycles. The first-order valence-corrected chi connectivity index (χ1v) is 11.8. The fourth-order valence-corrected chi connectivity index (χ4v) is 4.60. The number of carbonyl (C=O) groups excluding carboxylic acids is 2. The lowest BCUT2D eigenvalue weighted by Crippen LogP contribution is -2.25. The molecule has 0 unspecified atom stereocenters. The van der Waals surface area contributed by atoms with Gasteiger partial charge in [-0.05, 0) is 43.3 Å². The zero-order chi connectivity index (χ0) is 23.3. The molecule has 0 saturated carbocycles. The maximum Gasteiger partial charge on any atom is 0.253 e. The van der Waals surface area contributed by atoms with E-state index >= 15 is 0 Å². The molecule has 0 radical (unpaired) electrons. The van der Waals surface area contributed by atoms with E-state index < -0.39 is 0 Å². The molecule has 0 aliphatic carbocycles. The molecular formula is C20H17Cl4N5O2S. The summed E-state index contributed by atoms with van der Waals surface area (Å²) in [5, 5.41) is 15.9. The fraction of sp³-hybridized carbons (Fsp3) is 0.200. The molecule has 2 amide bonds. The molecule has 0 aliphatic heterocycles. The molecule has 0 fully saturated rings. The van der Waals surface area contributed by atoms with Gasteiger partial charge in [-0.3, -0.25) is 9.59 Å². The number of hydrogen-bond donors (Lipinski definition) is 2. The quantitative estimate of drug-likeness (QED) is 0.370. The van der Waals surface area contributed by atoms with E-state index in [0.717, 1.165) is 0 Å². The molecule has 7 nitrogen and oxygen atoms in total. The van der Waals surface area contributed by atoms with Crippen LogP contribution in [-0.2, 0) is 17.9 Å². The molecule has 32 heavy (non-hydrogen) atoms. The number of nitrogens with one attached hydrogen (secondary N) is 2. The van der Waals surface area contributed by atoms with Gasteiger partial charge in [-0.2, -0.15) is 0 Å². The summed E-state index contributed by atoms with van der Waals surface area (Å²) in [6.07, 6.45) is 0. The van der Waals surface area contributed by atoms with Crippen molar-refractivity contribution in [1.82, 2.24) is 20.1 Å². The molecule has 2 aromatic carbocycles. The van der Waals surface area contributed by atoms with Gasteiger partial charge < -0.3 is 15.2 Å². The first kappa shape index (κ1) is 24.7. The molecule has 168 valence electrons. The van der Waals surface area contributed by atoms with E-state index in [9.17, 15) is 9.59 Å². The minimum absolute atomic E-state index is 0.106. The van der Waals surface area contributed by atoms with Crippen LogP contribution in [0.5, 0.6) is 0 Å². The molecule has 3 aromatic rings. The van der Waals surface area contributed by atoms with Crippen LogP contribution in [0.15, 0.2) is 41.6 Å². The Hall–Kier alpha value is -1.97. The molecule has 0 bridgehead atoms. The molecule has 3 rings (SSSR count). The standard InChI is InChI=1S/C20H17Cl4N5O2S/c1-2-29-17(9-25-19(31)15-4-3-11(21)8-16(15)24)27-28-20(29)32-10-18(30)26-14-6-12(22)5-13(23)7-14/h3-8H,2,9-10H2,1H3,(H,25,31)(H,26,30). The Morgan fingerprint density at radius 3 is 2.38 bits per heavy atom. The predicted octanol–water partition coefficient (Wildman–Crippen LogP) is 5.57. The zero-order valence-corrected chi connectivity index (χ0v) is 20.5. The summed E-state index contributed by atoms with van der Waals surface area (Å²) in [6.45, 7) is 2.63. The number of hydrogen-bond acceptors (Lipinski definition) is 5. The van der Waals surface area contributed by atoms with Crippen LogP contribution in [0.1, 0.15) is 23.1 Å². The summed E-state index contributed by atoms with van der Waals surface area (Å²) in [6, 6.07) is 9.45. The topological polar surface area (TPSA) is 88.9 Å². The molecule has 0 atom stereocenters.